The molecule has 0 spiro atoms. The van der Waals surface area contributed by atoms with Crippen molar-refractivity contribution in [1.29, 1.82) is 0 Å². The van der Waals surface area contributed by atoms with Gasteiger partial charge in [-0.15, -0.1) is 0 Å². The zero-order valence-corrected chi connectivity index (χ0v) is 13.3. The first kappa shape index (κ1) is 14.3. The highest BCUT2D eigenvalue weighted by Crippen LogP contribution is 2.36. The number of likely N-dealkylation sites (tertiary alicyclic amines) is 1. The lowest BCUT2D eigenvalue weighted by molar-refractivity contribution is 0.0968. The lowest BCUT2D eigenvalue weighted by Gasteiger charge is -2.44. The Morgan fingerprint density at radius 3 is 2.73 bits per heavy atom. The van der Waals surface area contributed by atoms with Gasteiger partial charge in [0.05, 0.1) is 5.69 Å². The van der Waals surface area contributed by atoms with Crippen molar-refractivity contribution in [3.05, 3.63) is 28.2 Å². The average Bonchev–Trinajstić information content (AvgIpc) is 2.52. The number of nitrogens with two attached hydrogens (primary N) is 1. The molecule has 1 aliphatic carbocycles. The predicted octanol–water partition coefficient (Wildman–Crippen LogP) is 2.43. The summed E-state index contributed by atoms with van der Waals surface area (Å²) in [5.74, 6) is 2.04. The Kier molecular flexibility index (Phi) is 3.73. The summed E-state index contributed by atoms with van der Waals surface area (Å²) in [6.07, 6.45) is 8.34. The minimum absolute atomic E-state index is 0.0212. The van der Waals surface area contributed by atoms with Crippen LogP contribution < -0.4 is 11.3 Å². The first-order valence-corrected chi connectivity index (χ1v) is 8.92. The molecule has 22 heavy (non-hydrogen) atoms. The maximum atomic E-state index is 12.3. The van der Waals surface area contributed by atoms with E-state index in [1.165, 1.54) is 50.8 Å². The van der Waals surface area contributed by atoms with Crippen molar-refractivity contribution in [1.82, 2.24) is 9.47 Å². The molecule has 2 bridgehead atoms. The topological polar surface area (TPSA) is 51.3 Å². The monoisotopic (exact) mass is 301 g/mol. The van der Waals surface area contributed by atoms with Crippen LogP contribution in [-0.2, 0) is 6.54 Å². The van der Waals surface area contributed by atoms with Gasteiger partial charge in [0.25, 0.3) is 5.56 Å². The second kappa shape index (κ2) is 5.73. The van der Waals surface area contributed by atoms with Gasteiger partial charge >= 0.3 is 0 Å². The fourth-order valence-electron chi connectivity index (χ4n) is 4.95. The Morgan fingerprint density at radius 2 is 1.91 bits per heavy atom. The SMILES string of the molecule is Nc1ccc2n(c1=O)CC1CC2CN(CC2CCCCC2)C1. The Bertz CT molecular complexity index is 603. The lowest BCUT2D eigenvalue weighted by Crippen LogP contribution is -2.48. The van der Waals surface area contributed by atoms with Gasteiger partial charge in [-0.05, 0) is 43.2 Å². The summed E-state index contributed by atoms with van der Waals surface area (Å²) in [5, 5.41) is 0. The number of nitrogens with zero attached hydrogens (tertiary/aromatic N) is 2. The molecule has 0 amide bonds. The molecular weight excluding hydrogens is 274 g/mol. The number of nitrogen functional groups attached to an aromatic ring is 1. The van der Waals surface area contributed by atoms with Crippen LogP contribution in [0.4, 0.5) is 5.69 Å². The second-order valence-electron chi connectivity index (χ2n) is 7.65. The highest BCUT2D eigenvalue weighted by atomic mass is 16.1. The number of fused-ring (bicyclic) bond motifs is 4. The largest absolute Gasteiger partial charge is 0.394 e. The van der Waals surface area contributed by atoms with Crippen molar-refractivity contribution in [2.24, 2.45) is 11.8 Å². The van der Waals surface area contributed by atoms with Crippen molar-refractivity contribution in [3.8, 4) is 0 Å². The summed E-state index contributed by atoms with van der Waals surface area (Å²) in [6, 6.07) is 3.89. The van der Waals surface area contributed by atoms with Crippen LogP contribution in [0, 0.1) is 11.8 Å². The van der Waals surface area contributed by atoms with E-state index in [4.69, 9.17) is 5.73 Å². The number of piperidine rings is 1. The van der Waals surface area contributed by atoms with E-state index < -0.39 is 0 Å². The molecule has 1 aromatic rings. The Morgan fingerprint density at radius 1 is 1.09 bits per heavy atom. The fraction of sp³-hybridized carbons (Fsp3) is 0.722. The maximum Gasteiger partial charge on any atom is 0.273 e. The molecule has 2 N–H and O–H groups in total. The van der Waals surface area contributed by atoms with E-state index >= 15 is 0 Å². The molecule has 2 fully saturated rings. The number of anilines is 1. The van der Waals surface area contributed by atoms with Gasteiger partial charge in [0.1, 0.15) is 0 Å². The fourth-order valence-corrected chi connectivity index (χ4v) is 4.95. The summed E-state index contributed by atoms with van der Waals surface area (Å²) < 4.78 is 1.95. The average molecular weight is 301 g/mol. The van der Waals surface area contributed by atoms with Crippen LogP contribution in [0.15, 0.2) is 16.9 Å². The van der Waals surface area contributed by atoms with Gasteiger partial charge in [0.15, 0.2) is 0 Å². The lowest BCUT2D eigenvalue weighted by atomic mass is 9.82. The minimum atomic E-state index is 0.0212. The Labute approximate surface area is 132 Å². The van der Waals surface area contributed by atoms with Gasteiger partial charge in [-0.3, -0.25) is 4.79 Å². The quantitative estimate of drug-likeness (QED) is 0.913. The molecule has 0 radical (unpaired) electrons. The van der Waals surface area contributed by atoms with E-state index in [2.05, 4.69) is 11.0 Å². The molecule has 0 aromatic carbocycles. The zero-order chi connectivity index (χ0) is 15.1. The van der Waals surface area contributed by atoms with Crippen molar-refractivity contribution < 1.29 is 0 Å². The van der Waals surface area contributed by atoms with Gasteiger partial charge in [0.2, 0.25) is 0 Å². The van der Waals surface area contributed by atoms with Gasteiger partial charge in [-0.2, -0.15) is 0 Å². The van der Waals surface area contributed by atoms with Gasteiger partial charge < -0.3 is 15.2 Å². The molecule has 1 saturated carbocycles. The molecule has 4 rings (SSSR count). The van der Waals surface area contributed by atoms with E-state index in [-0.39, 0.29) is 5.56 Å². The maximum absolute atomic E-state index is 12.3. The van der Waals surface area contributed by atoms with Crippen LogP contribution in [0.1, 0.15) is 50.1 Å². The van der Waals surface area contributed by atoms with E-state index in [0.717, 1.165) is 25.6 Å². The van der Waals surface area contributed by atoms with Crippen LogP contribution in [0.3, 0.4) is 0 Å². The summed E-state index contributed by atoms with van der Waals surface area (Å²) >= 11 is 0. The molecule has 4 nitrogen and oxygen atoms in total. The van der Waals surface area contributed by atoms with Gasteiger partial charge in [-0.1, -0.05) is 19.3 Å². The molecule has 4 heteroatoms. The molecule has 2 aliphatic heterocycles. The van der Waals surface area contributed by atoms with Crippen molar-refractivity contribution in [3.63, 3.8) is 0 Å². The van der Waals surface area contributed by atoms with Crippen molar-refractivity contribution in [2.75, 3.05) is 25.4 Å². The number of aromatic nitrogens is 1. The van der Waals surface area contributed by atoms with E-state index in [1.807, 2.05) is 4.57 Å². The molecular formula is C18H27N3O. The standard InChI is InChI=1S/C18H27N3O/c19-16-6-7-17-15-8-14(11-21(17)18(16)22)10-20(12-15)9-13-4-2-1-3-5-13/h6-7,13-15H,1-5,8-12,19H2. The molecule has 2 unspecified atom stereocenters. The van der Waals surface area contributed by atoms with E-state index in [0.29, 0.717) is 17.5 Å². The molecule has 1 saturated heterocycles. The van der Waals surface area contributed by atoms with Crippen LogP contribution >= 0.6 is 0 Å². The van der Waals surface area contributed by atoms with Crippen LogP contribution in [0.25, 0.3) is 0 Å². The molecule has 1 aromatic heterocycles. The van der Waals surface area contributed by atoms with Crippen molar-refractivity contribution in [2.45, 2.75) is 51.0 Å². The van der Waals surface area contributed by atoms with Crippen LogP contribution in [0.2, 0.25) is 0 Å². The molecule has 3 heterocycles. The normalized spacial score (nSPS) is 29.3. The number of rotatable bonds is 2. The third-order valence-corrected chi connectivity index (χ3v) is 5.95. The first-order valence-electron chi connectivity index (χ1n) is 8.92. The molecule has 120 valence electrons. The van der Waals surface area contributed by atoms with Crippen molar-refractivity contribution >= 4 is 5.69 Å². The van der Waals surface area contributed by atoms with E-state index in [9.17, 15) is 4.79 Å². The summed E-state index contributed by atoms with van der Waals surface area (Å²) in [4.78, 5) is 14.9. The Hall–Kier alpha value is -1.29. The van der Waals surface area contributed by atoms with Crippen LogP contribution in [0.5, 0.6) is 0 Å². The second-order valence-corrected chi connectivity index (χ2v) is 7.65. The minimum Gasteiger partial charge on any atom is -0.394 e. The third-order valence-electron chi connectivity index (χ3n) is 5.95. The van der Waals surface area contributed by atoms with Gasteiger partial charge in [-0.25, -0.2) is 0 Å². The van der Waals surface area contributed by atoms with Gasteiger partial charge in [0, 0.05) is 37.8 Å². The zero-order valence-electron chi connectivity index (χ0n) is 13.3. The van der Waals surface area contributed by atoms with Crippen LogP contribution in [-0.4, -0.2) is 29.1 Å². The highest BCUT2D eigenvalue weighted by molar-refractivity contribution is 5.37. The van der Waals surface area contributed by atoms with E-state index in [1.54, 1.807) is 6.07 Å². The predicted molar refractivity (Wildman–Crippen MR) is 89.0 cm³/mol. The smallest absolute Gasteiger partial charge is 0.273 e. The molecule has 3 aliphatic rings. The Balaban J connectivity index is 1.52. The summed E-state index contributed by atoms with van der Waals surface area (Å²) in [5.41, 5.74) is 7.43. The molecule has 2 atom stereocenters. The summed E-state index contributed by atoms with van der Waals surface area (Å²) in [6.45, 7) is 4.41. The number of pyridine rings is 1. The third kappa shape index (κ3) is 2.58. The highest BCUT2D eigenvalue weighted by Gasteiger charge is 2.35. The number of hydrogen-bond acceptors (Lipinski definition) is 3. The number of hydrogen-bond donors (Lipinski definition) is 1. The summed E-state index contributed by atoms with van der Waals surface area (Å²) in [7, 11) is 0. The first-order chi connectivity index (χ1) is 10.7.